The summed E-state index contributed by atoms with van der Waals surface area (Å²) in [7, 11) is 0. The summed E-state index contributed by atoms with van der Waals surface area (Å²) in [6, 6.07) is 12.8. The Kier molecular flexibility index (Phi) is 5.26. The molecule has 0 aliphatic carbocycles. The van der Waals surface area contributed by atoms with E-state index in [0.29, 0.717) is 12.1 Å². The largest absolute Gasteiger partial charge is 0.339 e. The Morgan fingerprint density at radius 3 is 2.50 bits per heavy atom. The summed E-state index contributed by atoms with van der Waals surface area (Å²) in [5.41, 5.74) is 2.90. The van der Waals surface area contributed by atoms with Gasteiger partial charge in [-0.05, 0) is 48.2 Å². The second-order valence-corrected chi connectivity index (χ2v) is 6.70. The Balaban J connectivity index is 1.68. The van der Waals surface area contributed by atoms with Crippen molar-refractivity contribution in [2.24, 2.45) is 0 Å². The zero-order valence-corrected chi connectivity index (χ0v) is 14.4. The van der Waals surface area contributed by atoms with Crippen molar-refractivity contribution in [2.45, 2.75) is 38.8 Å². The first-order chi connectivity index (χ1) is 11.6. The maximum Gasteiger partial charge on any atom is 0.253 e. The molecule has 1 fully saturated rings. The Morgan fingerprint density at radius 1 is 1.12 bits per heavy atom. The van der Waals surface area contributed by atoms with Crippen molar-refractivity contribution in [3.05, 3.63) is 54.4 Å². The van der Waals surface area contributed by atoms with Gasteiger partial charge in [-0.2, -0.15) is 0 Å². The van der Waals surface area contributed by atoms with E-state index in [4.69, 9.17) is 0 Å². The first-order valence-corrected chi connectivity index (χ1v) is 8.69. The van der Waals surface area contributed by atoms with Gasteiger partial charge in [0.05, 0.1) is 0 Å². The number of nitrogens with one attached hydrogen (secondary N) is 1. The monoisotopic (exact) mass is 323 g/mol. The van der Waals surface area contributed by atoms with E-state index in [-0.39, 0.29) is 5.91 Å². The molecular formula is C20H25N3O. The molecule has 2 aromatic rings. The minimum absolute atomic E-state index is 0.133. The zero-order valence-electron chi connectivity index (χ0n) is 14.4. The molecule has 1 saturated heterocycles. The van der Waals surface area contributed by atoms with Crippen LogP contribution in [0.2, 0.25) is 0 Å². The van der Waals surface area contributed by atoms with Gasteiger partial charge >= 0.3 is 0 Å². The van der Waals surface area contributed by atoms with E-state index in [1.165, 1.54) is 0 Å². The number of amides is 1. The first-order valence-electron chi connectivity index (χ1n) is 8.69. The molecule has 3 rings (SSSR count). The lowest BCUT2D eigenvalue weighted by Gasteiger charge is -2.33. The van der Waals surface area contributed by atoms with Crippen molar-refractivity contribution < 1.29 is 4.79 Å². The number of carbonyl (C=O) groups is 1. The van der Waals surface area contributed by atoms with E-state index in [0.717, 1.165) is 42.6 Å². The zero-order chi connectivity index (χ0) is 16.9. The van der Waals surface area contributed by atoms with Gasteiger partial charge < -0.3 is 10.2 Å². The van der Waals surface area contributed by atoms with Gasteiger partial charge in [0.1, 0.15) is 0 Å². The summed E-state index contributed by atoms with van der Waals surface area (Å²) in [5.74, 6) is 0.133. The number of aromatic nitrogens is 1. The summed E-state index contributed by atoms with van der Waals surface area (Å²) in [6.45, 7) is 5.98. The number of hydrogen-bond donors (Lipinski definition) is 1. The van der Waals surface area contributed by atoms with Crippen LogP contribution in [-0.2, 0) is 0 Å². The van der Waals surface area contributed by atoms with Gasteiger partial charge in [0.2, 0.25) is 0 Å². The highest BCUT2D eigenvalue weighted by Gasteiger charge is 2.23. The van der Waals surface area contributed by atoms with Crippen LogP contribution in [0.25, 0.3) is 11.1 Å². The number of pyridine rings is 1. The number of benzene rings is 1. The molecule has 1 aliphatic heterocycles. The Labute approximate surface area is 143 Å². The fraction of sp³-hybridized carbons (Fsp3) is 0.400. The molecule has 0 saturated carbocycles. The van der Waals surface area contributed by atoms with Crippen molar-refractivity contribution in [1.29, 1.82) is 0 Å². The molecule has 1 aromatic carbocycles. The molecule has 4 nitrogen and oxygen atoms in total. The molecule has 0 bridgehead atoms. The lowest BCUT2D eigenvalue weighted by Crippen LogP contribution is -2.46. The maximum absolute atomic E-state index is 12.8. The molecule has 1 aromatic heterocycles. The van der Waals surface area contributed by atoms with Crippen LogP contribution in [0, 0.1) is 0 Å². The van der Waals surface area contributed by atoms with Crippen molar-refractivity contribution in [1.82, 2.24) is 15.2 Å². The van der Waals surface area contributed by atoms with E-state index in [1.807, 2.05) is 41.3 Å². The van der Waals surface area contributed by atoms with Gasteiger partial charge in [0, 0.05) is 43.1 Å². The minimum atomic E-state index is 0.133. The van der Waals surface area contributed by atoms with Crippen LogP contribution in [0.1, 0.15) is 37.0 Å². The van der Waals surface area contributed by atoms with Crippen LogP contribution in [0.4, 0.5) is 0 Å². The Morgan fingerprint density at radius 2 is 1.83 bits per heavy atom. The fourth-order valence-electron chi connectivity index (χ4n) is 3.28. The second kappa shape index (κ2) is 7.58. The lowest BCUT2D eigenvalue weighted by molar-refractivity contribution is 0.0703. The van der Waals surface area contributed by atoms with Crippen LogP contribution >= 0.6 is 0 Å². The summed E-state index contributed by atoms with van der Waals surface area (Å²) in [6.07, 6.45) is 5.59. The standard InChI is InChI=1S/C20H25N3O/c1-15(2)22-19-8-12-23(13-9-19)20(24)18-5-3-4-17(14-18)16-6-10-21-11-7-16/h3-7,10-11,14-15,19,22H,8-9,12-13H2,1-2H3. The second-order valence-electron chi connectivity index (χ2n) is 6.70. The van der Waals surface area contributed by atoms with Gasteiger partial charge in [-0.3, -0.25) is 9.78 Å². The lowest BCUT2D eigenvalue weighted by atomic mass is 10.0. The molecule has 0 radical (unpaired) electrons. The van der Waals surface area contributed by atoms with Gasteiger partial charge in [0.25, 0.3) is 5.91 Å². The average Bonchev–Trinajstić information content (AvgIpc) is 2.62. The van der Waals surface area contributed by atoms with Gasteiger partial charge in [0.15, 0.2) is 0 Å². The molecule has 0 unspecified atom stereocenters. The number of rotatable bonds is 4. The van der Waals surface area contributed by atoms with Gasteiger partial charge in [-0.15, -0.1) is 0 Å². The molecule has 24 heavy (non-hydrogen) atoms. The Bertz CT molecular complexity index is 676. The van der Waals surface area contributed by atoms with Crippen molar-refractivity contribution in [3.8, 4) is 11.1 Å². The van der Waals surface area contributed by atoms with Gasteiger partial charge in [-0.1, -0.05) is 26.0 Å². The van der Waals surface area contributed by atoms with E-state index in [1.54, 1.807) is 12.4 Å². The molecule has 2 heterocycles. The third-order valence-corrected chi connectivity index (χ3v) is 4.47. The highest BCUT2D eigenvalue weighted by molar-refractivity contribution is 5.95. The third-order valence-electron chi connectivity index (χ3n) is 4.47. The summed E-state index contributed by atoms with van der Waals surface area (Å²) in [5, 5.41) is 3.57. The minimum Gasteiger partial charge on any atom is -0.339 e. The van der Waals surface area contributed by atoms with Crippen LogP contribution in [0.5, 0.6) is 0 Å². The average molecular weight is 323 g/mol. The first kappa shape index (κ1) is 16.7. The maximum atomic E-state index is 12.8. The summed E-state index contributed by atoms with van der Waals surface area (Å²) in [4.78, 5) is 18.8. The van der Waals surface area contributed by atoms with Crippen LogP contribution in [0.3, 0.4) is 0 Å². The molecular weight excluding hydrogens is 298 g/mol. The van der Waals surface area contributed by atoms with E-state index in [2.05, 4.69) is 24.1 Å². The summed E-state index contributed by atoms with van der Waals surface area (Å²) >= 11 is 0. The van der Waals surface area contributed by atoms with E-state index in [9.17, 15) is 4.79 Å². The van der Waals surface area contributed by atoms with E-state index >= 15 is 0 Å². The normalized spacial score (nSPS) is 15.7. The van der Waals surface area contributed by atoms with Crippen LogP contribution in [0.15, 0.2) is 48.8 Å². The predicted octanol–water partition coefficient (Wildman–Crippen LogP) is 3.35. The SMILES string of the molecule is CC(C)NC1CCN(C(=O)c2cccc(-c3ccncc3)c2)CC1. The fourth-order valence-corrected chi connectivity index (χ4v) is 3.28. The van der Waals surface area contributed by atoms with Crippen molar-refractivity contribution in [2.75, 3.05) is 13.1 Å². The Hall–Kier alpha value is -2.20. The molecule has 126 valence electrons. The van der Waals surface area contributed by atoms with Crippen LogP contribution in [-0.4, -0.2) is 41.0 Å². The molecule has 0 atom stereocenters. The highest BCUT2D eigenvalue weighted by atomic mass is 16.2. The molecule has 0 spiro atoms. The molecule has 4 heteroatoms. The van der Waals surface area contributed by atoms with Gasteiger partial charge in [-0.25, -0.2) is 0 Å². The number of piperidine rings is 1. The van der Waals surface area contributed by atoms with Crippen molar-refractivity contribution in [3.63, 3.8) is 0 Å². The number of likely N-dealkylation sites (tertiary alicyclic amines) is 1. The van der Waals surface area contributed by atoms with E-state index < -0.39 is 0 Å². The summed E-state index contributed by atoms with van der Waals surface area (Å²) < 4.78 is 0. The van der Waals surface area contributed by atoms with Crippen molar-refractivity contribution >= 4 is 5.91 Å². The number of nitrogens with zero attached hydrogens (tertiary/aromatic N) is 2. The molecule has 1 aliphatic rings. The third kappa shape index (κ3) is 4.01. The van der Waals surface area contributed by atoms with Crippen LogP contribution < -0.4 is 5.32 Å². The molecule has 1 N–H and O–H groups in total. The highest BCUT2D eigenvalue weighted by Crippen LogP contribution is 2.21. The quantitative estimate of drug-likeness (QED) is 0.938. The topological polar surface area (TPSA) is 45.2 Å². The number of hydrogen-bond acceptors (Lipinski definition) is 3. The molecule has 1 amide bonds. The predicted molar refractivity (Wildman–Crippen MR) is 96.9 cm³/mol. The number of carbonyl (C=O) groups excluding carboxylic acids is 1. The smallest absolute Gasteiger partial charge is 0.253 e.